The molecule has 2 atom stereocenters. The second kappa shape index (κ2) is 7.10. The Bertz CT molecular complexity index is 421. The molecule has 0 aliphatic rings. The lowest BCUT2D eigenvalue weighted by atomic mass is 10.2. The van der Waals surface area contributed by atoms with Crippen LogP contribution in [-0.4, -0.2) is 46.8 Å². The summed E-state index contributed by atoms with van der Waals surface area (Å²) in [6.07, 6.45) is -1.46. The molecule has 1 aromatic heterocycles. The van der Waals surface area contributed by atoms with Crippen molar-refractivity contribution in [2.24, 2.45) is 0 Å². The molecule has 2 unspecified atom stereocenters. The van der Waals surface area contributed by atoms with Crippen LogP contribution in [0.5, 0.6) is 0 Å². The number of nitrogens with one attached hydrogen (secondary N) is 1. The highest BCUT2D eigenvalue weighted by atomic mass is 32.1. The third-order valence-electron chi connectivity index (χ3n) is 2.84. The quantitative estimate of drug-likeness (QED) is 0.735. The molecule has 0 aliphatic carbocycles. The van der Waals surface area contributed by atoms with E-state index in [1.807, 2.05) is 24.4 Å². The number of nitrogens with zero attached hydrogens (tertiary/aromatic N) is 1. The van der Waals surface area contributed by atoms with Gasteiger partial charge in [0.25, 0.3) is 0 Å². The molecule has 1 rings (SSSR count). The van der Waals surface area contributed by atoms with Crippen LogP contribution in [-0.2, 0) is 4.79 Å². The van der Waals surface area contributed by atoms with Crippen molar-refractivity contribution < 1.29 is 19.8 Å². The summed E-state index contributed by atoms with van der Waals surface area (Å²) >= 11 is 1.57. The molecule has 2 amide bonds. The van der Waals surface area contributed by atoms with E-state index in [-0.39, 0.29) is 25.0 Å². The van der Waals surface area contributed by atoms with Crippen molar-refractivity contribution in [1.82, 2.24) is 10.2 Å². The topological polar surface area (TPSA) is 89.9 Å². The summed E-state index contributed by atoms with van der Waals surface area (Å²) in [6, 6.07) is 3.53. The van der Waals surface area contributed by atoms with E-state index in [1.165, 1.54) is 0 Å². The van der Waals surface area contributed by atoms with Gasteiger partial charge in [-0.05, 0) is 18.4 Å². The van der Waals surface area contributed by atoms with Gasteiger partial charge >= 0.3 is 12.0 Å². The monoisotopic (exact) mass is 286 g/mol. The largest absolute Gasteiger partial charge is 0.479 e. The first kappa shape index (κ1) is 15.5. The first-order chi connectivity index (χ1) is 8.93. The molecular formula is C12H18N2O4S. The van der Waals surface area contributed by atoms with Gasteiger partial charge in [-0.2, -0.15) is 0 Å². The first-order valence-corrected chi connectivity index (χ1v) is 6.76. The van der Waals surface area contributed by atoms with E-state index in [0.29, 0.717) is 0 Å². The standard InChI is InChI=1S/C12H18N2O4S/c1-8(10-4-3-7-19-10)14(2)12(18)13-6-5-9(15)11(16)17/h3-4,7-9,15H,5-6H2,1-2H3,(H,13,18)(H,16,17). The van der Waals surface area contributed by atoms with E-state index in [2.05, 4.69) is 5.32 Å². The van der Waals surface area contributed by atoms with Gasteiger partial charge in [-0.15, -0.1) is 11.3 Å². The average Bonchev–Trinajstić information content (AvgIpc) is 2.90. The number of thiophene rings is 1. The van der Waals surface area contributed by atoms with Gasteiger partial charge in [-0.3, -0.25) is 0 Å². The van der Waals surface area contributed by atoms with Crippen LogP contribution in [0.25, 0.3) is 0 Å². The molecular weight excluding hydrogens is 268 g/mol. The molecule has 106 valence electrons. The second-order valence-electron chi connectivity index (χ2n) is 4.18. The molecule has 19 heavy (non-hydrogen) atoms. The fraction of sp³-hybridized carbons (Fsp3) is 0.500. The predicted molar refractivity (Wildman–Crippen MR) is 72.2 cm³/mol. The normalized spacial score (nSPS) is 13.6. The Morgan fingerprint density at radius 3 is 2.74 bits per heavy atom. The number of carboxylic acids is 1. The third-order valence-corrected chi connectivity index (χ3v) is 3.88. The van der Waals surface area contributed by atoms with Crippen LogP contribution in [0.2, 0.25) is 0 Å². The van der Waals surface area contributed by atoms with E-state index >= 15 is 0 Å². The highest BCUT2D eigenvalue weighted by Gasteiger charge is 2.18. The average molecular weight is 286 g/mol. The van der Waals surface area contributed by atoms with Crippen molar-refractivity contribution in [3.63, 3.8) is 0 Å². The van der Waals surface area contributed by atoms with Crippen molar-refractivity contribution >= 4 is 23.3 Å². The highest BCUT2D eigenvalue weighted by molar-refractivity contribution is 7.10. The smallest absolute Gasteiger partial charge is 0.332 e. The van der Waals surface area contributed by atoms with Crippen LogP contribution < -0.4 is 5.32 Å². The van der Waals surface area contributed by atoms with Gasteiger partial charge in [0, 0.05) is 24.9 Å². The first-order valence-electron chi connectivity index (χ1n) is 5.88. The van der Waals surface area contributed by atoms with Gasteiger partial charge in [-0.1, -0.05) is 6.07 Å². The lowest BCUT2D eigenvalue weighted by Gasteiger charge is -2.24. The number of aliphatic carboxylic acids is 1. The van der Waals surface area contributed by atoms with Gasteiger partial charge in [0.2, 0.25) is 0 Å². The van der Waals surface area contributed by atoms with E-state index in [9.17, 15) is 9.59 Å². The van der Waals surface area contributed by atoms with Gasteiger partial charge < -0.3 is 20.4 Å². The third kappa shape index (κ3) is 4.53. The Kier molecular flexibility index (Phi) is 5.78. The number of aliphatic hydroxyl groups excluding tert-OH is 1. The summed E-state index contributed by atoms with van der Waals surface area (Å²) in [5.74, 6) is -1.28. The fourth-order valence-corrected chi connectivity index (χ4v) is 2.29. The van der Waals surface area contributed by atoms with Gasteiger partial charge in [0.05, 0.1) is 6.04 Å². The zero-order valence-electron chi connectivity index (χ0n) is 10.9. The minimum atomic E-state index is -1.44. The molecule has 0 aromatic carbocycles. The minimum absolute atomic E-state index is 0.0116. The summed E-state index contributed by atoms with van der Waals surface area (Å²) in [7, 11) is 1.67. The number of carbonyl (C=O) groups is 2. The van der Waals surface area contributed by atoms with Crippen LogP contribution in [0.3, 0.4) is 0 Å². The van der Waals surface area contributed by atoms with E-state index < -0.39 is 12.1 Å². The molecule has 0 fully saturated rings. The molecule has 0 bridgehead atoms. The van der Waals surface area contributed by atoms with Gasteiger partial charge in [-0.25, -0.2) is 9.59 Å². The van der Waals surface area contributed by atoms with Crippen LogP contribution in [0.4, 0.5) is 4.79 Å². The summed E-state index contributed by atoms with van der Waals surface area (Å²) in [5, 5.41) is 22.1. The van der Waals surface area contributed by atoms with Crippen LogP contribution >= 0.6 is 11.3 Å². The van der Waals surface area contributed by atoms with Gasteiger partial charge in [0.15, 0.2) is 6.10 Å². The van der Waals surface area contributed by atoms with Gasteiger partial charge in [0.1, 0.15) is 0 Å². The Balaban J connectivity index is 2.39. The van der Waals surface area contributed by atoms with Crippen LogP contribution in [0.15, 0.2) is 17.5 Å². The number of urea groups is 1. The molecule has 0 spiro atoms. The molecule has 7 heteroatoms. The Morgan fingerprint density at radius 1 is 1.53 bits per heavy atom. The van der Waals surface area contributed by atoms with E-state index in [1.54, 1.807) is 23.3 Å². The molecule has 1 heterocycles. The number of hydrogen-bond acceptors (Lipinski definition) is 4. The molecule has 0 saturated heterocycles. The summed E-state index contributed by atoms with van der Waals surface area (Å²) in [4.78, 5) is 24.8. The zero-order chi connectivity index (χ0) is 14.4. The van der Waals surface area contributed by atoms with Crippen LogP contribution in [0.1, 0.15) is 24.3 Å². The Hall–Kier alpha value is -1.60. The Labute approximate surface area is 115 Å². The lowest BCUT2D eigenvalue weighted by molar-refractivity contribution is -0.146. The second-order valence-corrected chi connectivity index (χ2v) is 5.16. The molecule has 3 N–H and O–H groups in total. The molecule has 0 aliphatic heterocycles. The molecule has 1 aromatic rings. The number of amides is 2. The maximum atomic E-state index is 11.8. The summed E-state index contributed by atoms with van der Waals surface area (Å²) in [5.41, 5.74) is 0. The summed E-state index contributed by atoms with van der Waals surface area (Å²) in [6.45, 7) is 2.03. The lowest BCUT2D eigenvalue weighted by Crippen LogP contribution is -2.40. The summed E-state index contributed by atoms with van der Waals surface area (Å²) < 4.78 is 0. The maximum absolute atomic E-state index is 11.8. The zero-order valence-corrected chi connectivity index (χ0v) is 11.7. The number of carbonyl (C=O) groups excluding carboxylic acids is 1. The number of aliphatic hydroxyl groups is 1. The van der Waals surface area contributed by atoms with Crippen molar-refractivity contribution in [1.29, 1.82) is 0 Å². The molecule has 0 radical (unpaired) electrons. The predicted octanol–water partition coefficient (Wildman–Crippen LogP) is 1.29. The van der Waals surface area contributed by atoms with E-state index in [0.717, 1.165) is 4.88 Å². The highest BCUT2D eigenvalue weighted by Crippen LogP contribution is 2.23. The number of carboxylic acid groups (broad SMARTS) is 1. The fourth-order valence-electron chi connectivity index (χ4n) is 1.46. The van der Waals surface area contributed by atoms with E-state index in [4.69, 9.17) is 10.2 Å². The maximum Gasteiger partial charge on any atom is 0.332 e. The van der Waals surface area contributed by atoms with Crippen LogP contribution in [0, 0.1) is 0 Å². The molecule has 6 nitrogen and oxygen atoms in total. The Morgan fingerprint density at radius 2 is 2.21 bits per heavy atom. The van der Waals surface area contributed by atoms with Crippen molar-refractivity contribution in [2.45, 2.75) is 25.5 Å². The van der Waals surface area contributed by atoms with Crippen molar-refractivity contribution in [2.75, 3.05) is 13.6 Å². The SMILES string of the molecule is CC(c1cccs1)N(C)C(=O)NCCC(O)C(=O)O. The van der Waals surface area contributed by atoms with Crippen molar-refractivity contribution in [3.05, 3.63) is 22.4 Å². The minimum Gasteiger partial charge on any atom is -0.479 e. The molecule has 0 saturated carbocycles. The van der Waals surface area contributed by atoms with Crippen molar-refractivity contribution in [3.8, 4) is 0 Å². The number of rotatable bonds is 6. The number of hydrogen-bond donors (Lipinski definition) is 3.